The van der Waals surface area contributed by atoms with Gasteiger partial charge in [-0.15, -0.1) is 0 Å². The number of ether oxygens (including phenoxy) is 1. The molecule has 9 heteroatoms. The summed E-state index contributed by atoms with van der Waals surface area (Å²) in [6.07, 6.45) is 0.521. The molecule has 28 heavy (non-hydrogen) atoms. The average Bonchev–Trinajstić information content (AvgIpc) is 2.56. The van der Waals surface area contributed by atoms with E-state index in [1.165, 1.54) is 0 Å². The molecule has 3 atom stereocenters. The molecule has 0 amide bonds. The first kappa shape index (κ1) is 22.7. The van der Waals surface area contributed by atoms with Gasteiger partial charge < -0.3 is 15.2 Å². The molecule has 0 radical (unpaired) electrons. The molecular weight excluding hydrogens is 444 g/mol. The van der Waals surface area contributed by atoms with Gasteiger partial charge >= 0.3 is 0 Å². The average molecular weight is 471 g/mol. The van der Waals surface area contributed by atoms with Crippen molar-refractivity contribution in [1.29, 1.82) is 0 Å². The summed E-state index contributed by atoms with van der Waals surface area (Å²) in [6.45, 7) is 11.4. The van der Waals surface area contributed by atoms with Crippen molar-refractivity contribution in [2.24, 2.45) is 5.14 Å². The van der Waals surface area contributed by atoms with E-state index < -0.39 is 23.2 Å². The lowest BCUT2D eigenvalue weighted by atomic mass is 9.85. The lowest BCUT2D eigenvalue weighted by Gasteiger charge is -2.24. The minimum Gasteiger partial charge on any atom is -0.471 e. The molecule has 0 aliphatic carbocycles. The minimum absolute atomic E-state index is 0.242. The number of hydrogen-bond acceptors (Lipinski definition) is 6. The molecule has 2 aromatic rings. The van der Waals surface area contributed by atoms with Crippen LogP contribution in [0.25, 0.3) is 0 Å². The topological polar surface area (TPSA) is 110 Å². The van der Waals surface area contributed by atoms with E-state index in [1.807, 2.05) is 39.8 Å². The van der Waals surface area contributed by atoms with Crippen LogP contribution in [0, 0.1) is 6.92 Å². The van der Waals surface area contributed by atoms with Crippen LogP contribution in [0.3, 0.4) is 0 Å². The largest absolute Gasteiger partial charge is 0.471 e. The number of nitrogens with zero attached hydrogens (tertiary/aromatic N) is 2. The quantitative estimate of drug-likeness (QED) is 0.593. The zero-order chi connectivity index (χ0) is 21.2. The van der Waals surface area contributed by atoms with Gasteiger partial charge in [-0.05, 0) is 65.4 Å². The maximum absolute atomic E-state index is 12.0. The smallest absolute Gasteiger partial charge is 0.233 e. The number of aliphatic hydroxyl groups excluding tert-OH is 1. The number of aryl methyl sites for hydroxylation is 1. The van der Waals surface area contributed by atoms with Gasteiger partial charge in [-0.3, -0.25) is 0 Å². The highest BCUT2D eigenvalue weighted by molar-refractivity contribution is 9.10. The van der Waals surface area contributed by atoms with Crippen molar-refractivity contribution < 1.29 is 14.1 Å². The van der Waals surface area contributed by atoms with E-state index >= 15 is 0 Å². The SMILES string of the molecule is Cc1cc(Nc2ncc(Br)c(O[C@H](C)[C@@H](C)O)n2)cc(C(C)(C)C)c1S(N)=O. The fourth-order valence-electron chi connectivity index (χ4n) is 2.57. The Labute approximate surface area is 176 Å². The fourth-order valence-corrected chi connectivity index (χ4v) is 3.81. The first-order valence-corrected chi connectivity index (χ1v) is 10.9. The summed E-state index contributed by atoms with van der Waals surface area (Å²) in [7, 11) is -1.58. The molecule has 1 unspecified atom stereocenters. The second kappa shape index (κ2) is 8.86. The zero-order valence-electron chi connectivity index (χ0n) is 16.9. The summed E-state index contributed by atoms with van der Waals surface area (Å²) in [5, 5.41) is 18.5. The van der Waals surface area contributed by atoms with Crippen LogP contribution in [0.2, 0.25) is 0 Å². The molecule has 7 nitrogen and oxygen atoms in total. The van der Waals surface area contributed by atoms with Crippen molar-refractivity contribution in [2.45, 2.75) is 64.1 Å². The number of nitrogens with one attached hydrogen (secondary N) is 1. The highest BCUT2D eigenvalue weighted by atomic mass is 79.9. The molecule has 0 aliphatic rings. The van der Waals surface area contributed by atoms with Crippen molar-refractivity contribution in [3.63, 3.8) is 0 Å². The van der Waals surface area contributed by atoms with Gasteiger partial charge in [0.15, 0.2) is 0 Å². The van der Waals surface area contributed by atoms with E-state index in [2.05, 4.69) is 31.2 Å². The molecule has 0 spiro atoms. The summed E-state index contributed by atoms with van der Waals surface area (Å²) in [4.78, 5) is 9.29. The van der Waals surface area contributed by atoms with Gasteiger partial charge in [-0.1, -0.05) is 20.8 Å². The van der Waals surface area contributed by atoms with Crippen LogP contribution in [0.5, 0.6) is 5.88 Å². The van der Waals surface area contributed by atoms with Crippen LogP contribution in [-0.4, -0.2) is 31.5 Å². The van der Waals surface area contributed by atoms with Crippen LogP contribution in [0.1, 0.15) is 45.7 Å². The number of nitrogens with two attached hydrogens (primary N) is 1. The standard InChI is InChI=1S/C19H27BrN4O3S/c1-10-7-13(8-14(19(4,5)6)16(10)28(21)26)23-18-22-9-15(20)17(24-18)27-12(3)11(2)25/h7-9,11-12,25H,21H2,1-6H3,(H,22,23,24)/t11-,12-,28?/m1/s1. The molecule has 1 aromatic heterocycles. The number of anilines is 2. The number of benzene rings is 1. The first-order chi connectivity index (χ1) is 12.9. The Hall–Kier alpha value is -1.55. The first-order valence-electron chi connectivity index (χ1n) is 8.85. The third-order valence-electron chi connectivity index (χ3n) is 4.23. The Morgan fingerprint density at radius 1 is 1.32 bits per heavy atom. The number of aliphatic hydroxyl groups is 1. The second-order valence-electron chi connectivity index (χ2n) is 7.75. The van der Waals surface area contributed by atoms with Crippen LogP contribution in [0.15, 0.2) is 27.7 Å². The minimum atomic E-state index is -1.58. The van der Waals surface area contributed by atoms with Crippen molar-refractivity contribution in [2.75, 3.05) is 5.32 Å². The van der Waals surface area contributed by atoms with E-state index in [9.17, 15) is 9.32 Å². The molecule has 4 N–H and O–H groups in total. The lowest BCUT2D eigenvalue weighted by Crippen LogP contribution is -2.26. The van der Waals surface area contributed by atoms with Crippen LogP contribution >= 0.6 is 15.9 Å². The van der Waals surface area contributed by atoms with E-state index in [4.69, 9.17) is 9.88 Å². The van der Waals surface area contributed by atoms with Crippen LogP contribution in [-0.2, 0) is 16.4 Å². The molecule has 0 fully saturated rings. The summed E-state index contributed by atoms with van der Waals surface area (Å²) >= 11 is 3.36. The highest BCUT2D eigenvalue weighted by Gasteiger charge is 2.23. The van der Waals surface area contributed by atoms with Gasteiger partial charge in [0.25, 0.3) is 0 Å². The Balaban J connectivity index is 2.41. The summed E-state index contributed by atoms with van der Waals surface area (Å²) in [5.74, 6) is 0.676. The molecular formula is C19H27BrN4O3S. The van der Waals surface area contributed by atoms with Crippen LogP contribution in [0.4, 0.5) is 11.6 Å². The molecule has 0 saturated heterocycles. The predicted octanol–water partition coefficient (Wildman–Crippen LogP) is 3.72. The summed E-state index contributed by atoms with van der Waals surface area (Å²) < 4.78 is 18.3. The van der Waals surface area contributed by atoms with Crippen LogP contribution < -0.4 is 15.2 Å². The van der Waals surface area contributed by atoms with E-state index in [1.54, 1.807) is 20.0 Å². The van der Waals surface area contributed by atoms with Gasteiger partial charge in [-0.25, -0.2) is 14.3 Å². The van der Waals surface area contributed by atoms with E-state index in [-0.39, 0.29) is 5.41 Å². The predicted molar refractivity (Wildman–Crippen MR) is 115 cm³/mol. The highest BCUT2D eigenvalue weighted by Crippen LogP contribution is 2.33. The maximum Gasteiger partial charge on any atom is 0.233 e. The Morgan fingerprint density at radius 2 is 1.96 bits per heavy atom. The molecule has 0 aliphatic heterocycles. The third-order valence-corrected chi connectivity index (χ3v) is 5.72. The molecule has 154 valence electrons. The van der Waals surface area contributed by atoms with Crippen molar-refractivity contribution in [3.8, 4) is 5.88 Å². The van der Waals surface area contributed by atoms with Gasteiger partial charge in [0.05, 0.1) is 21.7 Å². The monoisotopic (exact) mass is 470 g/mol. The van der Waals surface area contributed by atoms with Crippen molar-refractivity contribution in [3.05, 3.63) is 33.9 Å². The van der Waals surface area contributed by atoms with Crippen molar-refractivity contribution in [1.82, 2.24) is 9.97 Å². The van der Waals surface area contributed by atoms with E-state index in [0.29, 0.717) is 21.2 Å². The molecule has 2 rings (SSSR count). The lowest BCUT2D eigenvalue weighted by molar-refractivity contribution is 0.0569. The molecule has 1 aromatic carbocycles. The molecule has 1 heterocycles. The zero-order valence-corrected chi connectivity index (χ0v) is 19.3. The van der Waals surface area contributed by atoms with E-state index in [0.717, 1.165) is 16.8 Å². The molecule has 0 bridgehead atoms. The third kappa shape index (κ3) is 5.50. The van der Waals surface area contributed by atoms with Gasteiger partial charge in [0.1, 0.15) is 17.1 Å². The summed E-state index contributed by atoms with van der Waals surface area (Å²) in [5.41, 5.74) is 2.24. The number of rotatable bonds is 6. The maximum atomic E-state index is 12.0. The molecule has 0 saturated carbocycles. The van der Waals surface area contributed by atoms with Crippen molar-refractivity contribution >= 4 is 38.6 Å². The Morgan fingerprint density at radius 3 is 2.50 bits per heavy atom. The number of halogens is 1. The second-order valence-corrected chi connectivity index (χ2v) is 9.61. The number of hydrogen-bond donors (Lipinski definition) is 3. The van der Waals surface area contributed by atoms with Gasteiger partial charge in [-0.2, -0.15) is 4.98 Å². The Kier molecular flexibility index (Phi) is 7.19. The Bertz CT molecular complexity index is 884. The van der Waals surface area contributed by atoms with Gasteiger partial charge in [0.2, 0.25) is 11.8 Å². The van der Waals surface area contributed by atoms with Gasteiger partial charge in [0, 0.05) is 5.69 Å². The fraction of sp³-hybridized carbons (Fsp3) is 0.474. The number of aromatic nitrogens is 2. The normalized spacial score (nSPS) is 15.0. The summed E-state index contributed by atoms with van der Waals surface area (Å²) in [6, 6.07) is 3.77.